The van der Waals surface area contributed by atoms with Crippen LogP contribution in [0.3, 0.4) is 0 Å². The smallest absolute Gasteiger partial charge is 0.238 e. The molecule has 19 heavy (non-hydrogen) atoms. The average Bonchev–Trinajstić information content (AvgIpc) is 2.36. The van der Waals surface area contributed by atoms with Gasteiger partial charge in [-0.1, -0.05) is 50.4 Å². The van der Waals surface area contributed by atoms with Crippen LogP contribution in [0, 0.1) is 5.92 Å². The molecule has 0 saturated heterocycles. The van der Waals surface area contributed by atoms with Crippen LogP contribution >= 0.6 is 11.6 Å². The maximum atomic E-state index is 11.7. The third-order valence-corrected chi connectivity index (χ3v) is 3.15. The Bertz CT molecular complexity index is 393. The molecule has 0 radical (unpaired) electrons. The molecule has 4 heteroatoms. The van der Waals surface area contributed by atoms with Crippen molar-refractivity contribution in [2.24, 2.45) is 5.92 Å². The van der Waals surface area contributed by atoms with E-state index in [0.29, 0.717) is 17.3 Å². The second kappa shape index (κ2) is 8.94. The lowest BCUT2D eigenvalue weighted by atomic mass is 10.1. The minimum absolute atomic E-state index is 0.0584. The lowest BCUT2D eigenvalue weighted by Gasteiger charge is -2.08. The topological polar surface area (TPSA) is 41.1 Å². The van der Waals surface area contributed by atoms with Crippen molar-refractivity contribution in [1.29, 1.82) is 0 Å². The summed E-state index contributed by atoms with van der Waals surface area (Å²) in [6.07, 6.45) is 3.56. The van der Waals surface area contributed by atoms with E-state index >= 15 is 0 Å². The van der Waals surface area contributed by atoms with Gasteiger partial charge in [0, 0.05) is 0 Å². The van der Waals surface area contributed by atoms with Crippen molar-refractivity contribution in [3.63, 3.8) is 0 Å². The number of benzene rings is 1. The van der Waals surface area contributed by atoms with Crippen molar-refractivity contribution >= 4 is 23.2 Å². The zero-order valence-corrected chi connectivity index (χ0v) is 12.5. The fourth-order valence-corrected chi connectivity index (χ4v) is 1.94. The van der Waals surface area contributed by atoms with Gasteiger partial charge in [-0.15, -0.1) is 0 Å². The highest BCUT2D eigenvalue weighted by molar-refractivity contribution is 6.33. The lowest BCUT2D eigenvalue weighted by molar-refractivity contribution is -0.115. The molecule has 0 saturated carbocycles. The van der Waals surface area contributed by atoms with Crippen molar-refractivity contribution in [3.05, 3.63) is 29.3 Å². The predicted octanol–water partition coefficient (Wildman–Crippen LogP) is 3.69. The quantitative estimate of drug-likeness (QED) is 0.714. The van der Waals surface area contributed by atoms with Crippen molar-refractivity contribution < 1.29 is 4.79 Å². The minimum Gasteiger partial charge on any atom is -0.324 e. The Hall–Kier alpha value is -1.06. The highest BCUT2D eigenvalue weighted by atomic mass is 35.5. The summed E-state index contributed by atoms with van der Waals surface area (Å²) in [5, 5.41) is 6.49. The number of carbonyl (C=O) groups excluding carboxylic acids is 1. The zero-order chi connectivity index (χ0) is 14.1. The predicted molar refractivity (Wildman–Crippen MR) is 81.6 cm³/mol. The van der Waals surface area contributed by atoms with Gasteiger partial charge in [0.2, 0.25) is 5.91 Å². The standard InChI is InChI=1S/C15H23ClN2O/c1-12(2)7-5-6-10-17-11-15(19)18-14-9-4-3-8-13(14)16/h3-4,8-9,12,17H,5-7,10-11H2,1-2H3,(H,18,19). The van der Waals surface area contributed by atoms with E-state index < -0.39 is 0 Å². The molecule has 0 bridgehead atoms. The molecule has 0 aliphatic carbocycles. The van der Waals surface area contributed by atoms with Crippen molar-refractivity contribution in [2.45, 2.75) is 33.1 Å². The molecule has 0 aliphatic heterocycles. The third-order valence-electron chi connectivity index (χ3n) is 2.82. The van der Waals surface area contributed by atoms with E-state index in [2.05, 4.69) is 24.5 Å². The maximum absolute atomic E-state index is 11.7. The number of amides is 1. The van der Waals surface area contributed by atoms with Crippen molar-refractivity contribution in [2.75, 3.05) is 18.4 Å². The van der Waals surface area contributed by atoms with Gasteiger partial charge in [0.1, 0.15) is 0 Å². The van der Waals surface area contributed by atoms with E-state index in [4.69, 9.17) is 11.6 Å². The normalized spacial score (nSPS) is 10.7. The van der Waals surface area contributed by atoms with Crippen LogP contribution in [0.25, 0.3) is 0 Å². The van der Waals surface area contributed by atoms with Gasteiger partial charge >= 0.3 is 0 Å². The van der Waals surface area contributed by atoms with Crippen LogP contribution in [0.2, 0.25) is 5.02 Å². The molecule has 0 heterocycles. The van der Waals surface area contributed by atoms with Gasteiger partial charge < -0.3 is 10.6 Å². The molecule has 1 rings (SSSR count). The summed E-state index contributed by atoms with van der Waals surface area (Å²) in [6, 6.07) is 7.24. The molecule has 3 nitrogen and oxygen atoms in total. The fourth-order valence-electron chi connectivity index (χ4n) is 1.76. The molecule has 0 aliphatic rings. The van der Waals surface area contributed by atoms with Gasteiger partial charge in [0.25, 0.3) is 0 Å². The molecule has 0 atom stereocenters. The second-order valence-corrected chi connectivity index (χ2v) is 5.50. The van der Waals surface area contributed by atoms with Crippen LogP contribution in [0.15, 0.2) is 24.3 Å². The molecule has 0 fully saturated rings. The zero-order valence-electron chi connectivity index (χ0n) is 11.7. The van der Waals surface area contributed by atoms with Crippen LogP contribution in [0.1, 0.15) is 33.1 Å². The Morgan fingerprint density at radius 1 is 1.26 bits per heavy atom. The summed E-state index contributed by atoms with van der Waals surface area (Å²) < 4.78 is 0. The van der Waals surface area contributed by atoms with Gasteiger partial charge in [-0.2, -0.15) is 0 Å². The Balaban J connectivity index is 2.13. The highest BCUT2D eigenvalue weighted by Crippen LogP contribution is 2.19. The first-order valence-corrected chi connectivity index (χ1v) is 7.22. The number of hydrogen-bond acceptors (Lipinski definition) is 2. The summed E-state index contributed by atoms with van der Waals surface area (Å²) in [4.78, 5) is 11.7. The minimum atomic E-state index is -0.0584. The van der Waals surface area contributed by atoms with Gasteiger partial charge in [0.15, 0.2) is 0 Å². The number of unbranched alkanes of at least 4 members (excludes halogenated alkanes) is 1. The fraction of sp³-hybridized carbons (Fsp3) is 0.533. The second-order valence-electron chi connectivity index (χ2n) is 5.09. The number of rotatable bonds is 8. The highest BCUT2D eigenvalue weighted by Gasteiger charge is 2.04. The van der Waals surface area contributed by atoms with E-state index in [9.17, 15) is 4.79 Å². The van der Waals surface area contributed by atoms with E-state index in [1.807, 2.05) is 12.1 Å². The Kier molecular flexibility index (Phi) is 7.53. The summed E-state index contributed by atoms with van der Waals surface area (Å²) >= 11 is 5.97. The summed E-state index contributed by atoms with van der Waals surface area (Å²) in [6.45, 7) is 5.66. The van der Waals surface area contributed by atoms with Crippen LogP contribution in [0.4, 0.5) is 5.69 Å². The molecule has 1 amide bonds. The van der Waals surface area contributed by atoms with Crippen LogP contribution in [0.5, 0.6) is 0 Å². The molecular weight excluding hydrogens is 260 g/mol. The van der Waals surface area contributed by atoms with Gasteiger partial charge in [-0.05, 0) is 31.0 Å². The summed E-state index contributed by atoms with van der Waals surface area (Å²) in [7, 11) is 0. The number of hydrogen-bond donors (Lipinski definition) is 2. The number of nitrogens with one attached hydrogen (secondary N) is 2. The number of carbonyl (C=O) groups is 1. The summed E-state index contributed by atoms with van der Waals surface area (Å²) in [5.74, 6) is 0.695. The van der Waals surface area contributed by atoms with Gasteiger partial charge in [0.05, 0.1) is 17.3 Å². The van der Waals surface area contributed by atoms with Crippen LogP contribution in [-0.2, 0) is 4.79 Å². The van der Waals surface area contributed by atoms with Crippen LogP contribution < -0.4 is 10.6 Å². The molecule has 106 valence electrons. The lowest BCUT2D eigenvalue weighted by Crippen LogP contribution is -2.28. The number of anilines is 1. The Morgan fingerprint density at radius 3 is 2.68 bits per heavy atom. The third kappa shape index (κ3) is 7.19. The van der Waals surface area contributed by atoms with Crippen LogP contribution in [-0.4, -0.2) is 19.0 Å². The maximum Gasteiger partial charge on any atom is 0.238 e. The number of para-hydroxylation sites is 1. The van der Waals surface area contributed by atoms with E-state index in [-0.39, 0.29) is 5.91 Å². The monoisotopic (exact) mass is 282 g/mol. The van der Waals surface area contributed by atoms with Gasteiger partial charge in [-0.3, -0.25) is 4.79 Å². The average molecular weight is 283 g/mol. The molecule has 2 N–H and O–H groups in total. The van der Waals surface area contributed by atoms with Crippen molar-refractivity contribution in [1.82, 2.24) is 5.32 Å². The number of halogens is 1. The Morgan fingerprint density at radius 2 is 2.00 bits per heavy atom. The van der Waals surface area contributed by atoms with E-state index in [1.54, 1.807) is 12.1 Å². The van der Waals surface area contributed by atoms with Crippen molar-refractivity contribution in [3.8, 4) is 0 Å². The molecule has 1 aromatic carbocycles. The first-order valence-electron chi connectivity index (χ1n) is 6.84. The van der Waals surface area contributed by atoms with E-state index in [0.717, 1.165) is 18.9 Å². The molecule has 0 unspecified atom stereocenters. The molecule has 0 spiro atoms. The first-order chi connectivity index (χ1) is 9.09. The van der Waals surface area contributed by atoms with E-state index in [1.165, 1.54) is 12.8 Å². The first kappa shape index (κ1) is 16.0. The molecule has 1 aromatic rings. The SMILES string of the molecule is CC(C)CCCCNCC(=O)Nc1ccccc1Cl. The summed E-state index contributed by atoms with van der Waals surface area (Å²) in [5.41, 5.74) is 0.663. The molecule has 0 aromatic heterocycles. The Labute approximate surface area is 120 Å². The van der Waals surface area contributed by atoms with Gasteiger partial charge in [-0.25, -0.2) is 0 Å². The largest absolute Gasteiger partial charge is 0.324 e. The molecular formula is C15H23ClN2O.